The van der Waals surface area contributed by atoms with E-state index in [0.29, 0.717) is 26.2 Å². The highest BCUT2D eigenvalue weighted by molar-refractivity contribution is 5.78. The summed E-state index contributed by atoms with van der Waals surface area (Å²) in [6.07, 6.45) is 0.233. The lowest BCUT2D eigenvalue weighted by Crippen LogP contribution is -2.52. The number of aliphatic carboxylic acids is 1. The monoisotopic (exact) mass is 336 g/mol. The summed E-state index contributed by atoms with van der Waals surface area (Å²) in [4.78, 5) is 24.8. The molecule has 7 heteroatoms. The van der Waals surface area contributed by atoms with Crippen LogP contribution in [0.25, 0.3) is 0 Å². The zero-order valence-corrected chi connectivity index (χ0v) is 13.8. The number of carboxylic acid groups (broad SMARTS) is 1. The van der Waals surface area contributed by atoms with Crippen LogP contribution < -0.4 is 5.32 Å². The van der Waals surface area contributed by atoms with E-state index in [1.54, 1.807) is 0 Å². The first kappa shape index (κ1) is 18.4. The van der Waals surface area contributed by atoms with Gasteiger partial charge in [0, 0.05) is 13.2 Å². The smallest absolute Gasteiger partial charge is 0.329 e. The summed E-state index contributed by atoms with van der Waals surface area (Å²) in [6.45, 7) is 1.39. The number of benzene rings is 1. The summed E-state index contributed by atoms with van der Waals surface area (Å²) in [5.74, 6) is -1.15. The third-order valence-corrected chi connectivity index (χ3v) is 3.77. The van der Waals surface area contributed by atoms with Crippen LogP contribution in [0.15, 0.2) is 30.3 Å². The highest BCUT2D eigenvalue weighted by atomic mass is 16.5. The van der Waals surface area contributed by atoms with Crippen molar-refractivity contribution >= 4 is 11.9 Å². The van der Waals surface area contributed by atoms with Crippen molar-refractivity contribution in [1.29, 1.82) is 0 Å². The maximum absolute atomic E-state index is 12.2. The van der Waals surface area contributed by atoms with E-state index in [0.717, 1.165) is 5.56 Å². The van der Waals surface area contributed by atoms with E-state index in [9.17, 15) is 9.59 Å². The normalized spacial score (nSPS) is 20.8. The van der Waals surface area contributed by atoms with Gasteiger partial charge in [-0.15, -0.1) is 0 Å². The van der Waals surface area contributed by atoms with E-state index in [4.69, 9.17) is 14.6 Å². The molecule has 1 aromatic rings. The first-order valence-electron chi connectivity index (χ1n) is 7.97. The number of ether oxygens (including phenoxy) is 2. The average molecular weight is 336 g/mol. The van der Waals surface area contributed by atoms with Crippen molar-refractivity contribution in [2.45, 2.75) is 25.1 Å². The Balaban J connectivity index is 1.79. The third-order valence-electron chi connectivity index (χ3n) is 3.77. The Morgan fingerprint density at radius 1 is 1.38 bits per heavy atom. The highest BCUT2D eigenvalue weighted by Crippen LogP contribution is 2.12. The molecule has 1 amide bonds. The molecular weight excluding hydrogens is 312 g/mol. The summed E-state index contributed by atoms with van der Waals surface area (Å²) >= 11 is 0. The molecule has 2 N–H and O–H groups in total. The summed E-state index contributed by atoms with van der Waals surface area (Å²) in [6, 6.07) is 9.59. The molecule has 132 valence electrons. The van der Waals surface area contributed by atoms with Crippen LogP contribution >= 0.6 is 0 Å². The van der Waals surface area contributed by atoms with E-state index in [-0.39, 0.29) is 31.2 Å². The SMILES string of the molecule is CN(CC(=O)N[C@@H]1COCC[C@@H]1OCC(=O)O)Cc1ccccc1. The Kier molecular flexibility index (Phi) is 7.17. The van der Waals surface area contributed by atoms with E-state index >= 15 is 0 Å². The van der Waals surface area contributed by atoms with Crippen molar-refractivity contribution in [1.82, 2.24) is 10.2 Å². The first-order valence-corrected chi connectivity index (χ1v) is 7.97. The predicted octanol–water partition coefficient (Wildman–Crippen LogP) is 0.493. The molecule has 0 spiro atoms. The van der Waals surface area contributed by atoms with Crippen LogP contribution in [0.1, 0.15) is 12.0 Å². The Morgan fingerprint density at radius 3 is 2.83 bits per heavy atom. The molecule has 1 aliphatic rings. The molecule has 0 aliphatic carbocycles. The standard InChI is InChI=1S/C17H24N2O5/c1-19(9-13-5-3-2-4-6-13)10-16(20)18-14-11-23-8-7-15(14)24-12-17(21)22/h2-6,14-15H,7-12H2,1H3,(H,18,20)(H,21,22)/t14-,15+/m1/s1. The minimum Gasteiger partial charge on any atom is -0.480 e. The number of carbonyl (C=O) groups excluding carboxylic acids is 1. The van der Waals surface area contributed by atoms with Gasteiger partial charge in [0.05, 0.1) is 25.3 Å². The van der Waals surface area contributed by atoms with Gasteiger partial charge in [0.1, 0.15) is 6.61 Å². The molecule has 2 atom stereocenters. The second-order valence-electron chi connectivity index (χ2n) is 5.94. The molecule has 2 rings (SSSR count). The van der Waals surface area contributed by atoms with Crippen LogP contribution in [0.3, 0.4) is 0 Å². The zero-order valence-electron chi connectivity index (χ0n) is 13.8. The minimum absolute atomic E-state index is 0.132. The number of amides is 1. The van der Waals surface area contributed by atoms with Crippen LogP contribution in [0, 0.1) is 0 Å². The molecule has 7 nitrogen and oxygen atoms in total. The van der Waals surface area contributed by atoms with E-state index in [1.807, 2.05) is 42.3 Å². The van der Waals surface area contributed by atoms with E-state index in [1.165, 1.54) is 0 Å². The number of likely N-dealkylation sites (N-methyl/N-ethyl adjacent to an activating group) is 1. The largest absolute Gasteiger partial charge is 0.480 e. The van der Waals surface area contributed by atoms with Gasteiger partial charge >= 0.3 is 5.97 Å². The lowest BCUT2D eigenvalue weighted by molar-refractivity contribution is -0.148. The number of hydrogen-bond donors (Lipinski definition) is 2. The fourth-order valence-electron chi connectivity index (χ4n) is 2.68. The van der Waals surface area contributed by atoms with Crippen LogP contribution in [-0.4, -0.2) is 67.4 Å². The topological polar surface area (TPSA) is 88.1 Å². The molecule has 0 radical (unpaired) electrons. The van der Waals surface area contributed by atoms with Crippen molar-refractivity contribution in [2.75, 3.05) is 33.4 Å². The molecule has 1 aromatic carbocycles. The zero-order chi connectivity index (χ0) is 17.4. The van der Waals surface area contributed by atoms with Crippen LogP contribution in [-0.2, 0) is 25.6 Å². The Hall–Kier alpha value is -1.96. The van der Waals surface area contributed by atoms with E-state index < -0.39 is 5.97 Å². The number of nitrogens with zero attached hydrogens (tertiary/aromatic N) is 1. The Bertz CT molecular complexity index is 537. The summed E-state index contributed by atoms with van der Waals surface area (Å²) in [5.41, 5.74) is 1.14. The quantitative estimate of drug-likeness (QED) is 0.718. The van der Waals surface area contributed by atoms with Gasteiger partial charge in [-0.1, -0.05) is 30.3 Å². The van der Waals surface area contributed by atoms with Gasteiger partial charge in [-0.25, -0.2) is 4.79 Å². The van der Waals surface area contributed by atoms with Crippen molar-refractivity contribution < 1.29 is 24.2 Å². The van der Waals surface area contributed by atoms with Gasteiger partial charge in [0.25, 0.3) is 0 Å². The molecule has 1 heterocycles. The van der Waals surface area contributed by atoms with Gasteiger partial charge in [0.2, 0.25) is 5.91 Å². The molecule has 24 heavy (non-hydrogen) atoms. The second kappa shape index (κ2) is 9.36. The van der Waals surface area contributed by atoms with Crippen molar-refractivity contribution in [2.24, 2.45) is 0 Å². The molecule has 1 fully saturated rings. The van der Waals surface area contributed by atoms with Gasteiger partial charge in [-0.05, 0) is 19.0 Å². The fourth-order valence-corrected chi connectivity index (χ4v) is 2.68. The average Bonchev–Trinajstić information content (AvgIpc) is 2.54. The molecular formula is C17H24N2O5. The maximum Gasteiger partial charge on any atom is 0.329 e. The third kappa shape index (κ3) is 6.27. The maximum atomic E-state index is 12.2. The van der Waals surface area contributed by atoms with Gasteiger partial charge in [-0.3, -0.25) is 9.69 Å². The Morgan fingerprint density at radius 2 is 2.12 bits per heavy atom. The number of nitrogens with one attached hydrogen (secondary N) is 1. The predicted molar refractivity (Wildman–Crippen MR) is 87.5 cm³/mol. The van der Waals surface area contributed by atoms with Gasteiger partial charge in [-0.2, -0.15) is 0 Å². The number of rotatable bonds is 8. The number of carboxylic acids is 1. The minimum atomic E-state index is -1.02. The van der Waals surface area contributed by atoms with Crippen LogP contribution in [0.5, 0.6) is 0 Å². The molecule has 1 saturated heterocycles. The fraction of sp³-hybridized carbons (Fsp3) is 0.529. The molecule has 1 aliphatic heterocycles. The molecule has 0 unspecified atom stereocenters. The summed E-state index contributed by atoms with van der Waals surface area (Å²) < 4.78 is 10.7. The summed E-state index contributed by atoms with van der Waals surface area (Å²) in [7, 11) is 1.88. The number of hydrogen-bond acceptors (Lipinski definition) is 5. The molecule has 0 saturated carbocycles. The first-order chi connectivity index (χ1) is 11.5. The number of carbonyl (C=O) groups is 2. The van der Waals surface area contributed by atoms with Crippen molar-refractivity contribution in [3.8, 4) is 0 Å². The van der Waals surface area contributed by atoms with Crippen LogP contribution in [0.4, 0.5) is 0 Å². The van der Waals surface area contributed by atoms with Gasteiger partial charge in [0.15, 0.2) is 0 Å². The molecule has 0 aromatic heterocycles. The van der Waals surface area contributed by atoms with E-state index in [2.05, 4.69) is 5.32 Å². The Labute approximate surface area is 141 Å². The highest BCUT2D eigenvalue weighted by Gasteiger charge is 2.28. The van der Waals surface area contributed by atoms with Crippen molar-refractivity contribution in [3.63, 3.8) is 0 Å². The van der Waals surface area contributed by atoms with Gasteiger partial charge < -0.3 is 19.9 Å². The lowest BCUT2D eigenvalue weighted by atomic mass is 10.1. The lowest BCUT2D eigenvalue weighted by Gasteiger charge is -2.32. The molecule has 0 bridgehead atoms. The second-order valence-corrected chi connectivity index (χ2v) is 5.94. The van der Waals surface area contributed by atoms with Crippen molar-refractivity contribution in [3.05, 3.63) is 35.9 Å². The van der Waals surface area contributed by atoms with Crippen LogP contribution in [0.2, 0.25) is 0 Å². The summed E-state index contributed by atoms with van der Waals surface area (Å²) in [5, 5.41) is 11.6.